The first-order chi connectivity index (χ1) is 19.5. The van der Waals surface area contributed by atoms with Crippen molar-refractivity contribution in [3.8, 4) is 0 Å². The molecule has 0 atom stereocenters. The average Bonchev–Trinajstić information content (AvgIpc) is 3.51. The molecule has 1 aliphatic heterocycles. The van der Waals surface area contributed by atoms with Crippen molar-refractivity contribution in [2.24, 2.45) is 11.0 Å². The molecule has 40 heavy (non-hydrogen) atoms. The van der Waals surface area contributed by atoms with Crippen LogP contribution in [0.3, 0.4) is 0 Å². The van der Waals surface area contributed by atoms with Crippen LogP contribution < -0.4 is 10.7 Å². The normalized spacial score (nSPS) is 14.8. The zero-order chi connectivity index (χ0) is 27.5. The first kappa shape index (κ1) is 26.2. The van der Waals surface area contributed by atoms with E-state index >= 15 is 0 Å². The van der Waals surface area contributed by atoms with Gasteiger partial charge in [0.15, 0.2) is 5.13 Å². The number of piperidine rings is 1. The van der Waals surface area contributed by atoms with Crippen LogP contribution >= 0.6 is 11.3 Å². The van der Waals surface area contributed by atoms with Gasteiger partial charge in [0.1, 0.15) is 0 Å². The van der Waals surface area contributed by atoms with Gasteiger partial charge >= 0.3 is 6.03 Å². The van der Waals surface area contributed by atoms with Gasteiger partial charge in [-0.2, -0.15) is 5.10 Å². The van der Waals surface area contributed by atoms with E-state index in [0.29, 0.717) is 5.13 Å². The summed E-state index contributed by atoms with van der Waals surface area (Å²) in [5, 5.41) is 8.70. The summed E-state index contributed by atoms with van der Waals surface area (Å²) in [6, 6.07) is 22.8. The van der Waals surface area contributed by atoms with Crippen LogP contribution in [-0.2, 0) is 13.1 Å². The number of hydrazone groups is 1. The smallest absolute Gasteiger partial charge is 0.341 e. The first-order valence-electron chi connectivity index (χ1n) is 13.9. The first-order valence-corrected chi connectivity index (χ1v) is 14.7. The molecule has 5 aromatic rings. The van der Waals surface area contributed by atoms with Gasteiger partial charge in [-0.1, -0.05) is 72.4 Å². The van der Waals surface area contributed by atoms with Gasteiger partial charge in [-0.15, -0.1) is 0 Å². The third-order valence-corrected chi connectivity index (χ3v) is 8.55. The third-order valence-electron chi connectivity index (χ3n) is 7.62. The van der Waals surface area contributed by atoms with Crippen molar-refractivity contribution in [2.75, 3.05) is 18.4 Å². The van der Waals surface area contributed by atoms with Crippen LogP contribution in [0, 0.1) is 12.8 Å². The number of nitrogens with zero attached hydrogens (tertiary/aromatic N) is 4. The van der Waals surface area contributed by atoms with E-state index in [2.05, 4.69) is 98.9 Å². The second-order valence-corrected chi connectivity index (χ2v) is 11.8. The molecule has 0 radical (unpaired) electrons. The molecule has 0 unspecified atom stereocenters. The number of likely N-dealkylation sites (tertiary alicyclic amines) is 1. The highest BCUT2D eigenvalue weighted by atomic mass is 32.1. The number of hydrogen-bond donors (Lipinski definition) is 2. The number of aryl methyl sites for hydroxylation is 1. The van der Waals surface area contributed by atoms with Gasteiger partial charge in [0.2, 0.25) is 0 Å². The number of hydrogen-bond acceptors (Lipinski definition) is 5. The summed E-state index contributed by atoms with van der Waals surface area (Å²) in [6.07, 6.45) is 6.30. The van der Waals surface area contributed by atoms with E-state index in [4.69, 9.17) is 0 Å². The highest BCUT2D eigenvalue weighted by Gasteiger charge is 2.16. The molecule has 0 bridgehead atoms. The number of rotatable bonds is 7. The minimum absolute atomic E-state index is 0.415. The lowest BCUT2D eigenvalue weighted by Crippen LogP contribution is -2.32. The van der Waals surface area contributed by atoms with E-state index in [1.54, 1.807) is 6.21 Å². The number of para-hydroxylation sites is 1. The van der Waals surface area contributed by atoms with Crippen LogP contribution in [0.4, 0.5) is 9.93 Å². The summed E-state index contributed by atoms with van der Waals surface area (Å²) in [4.78, 5) is 19.7. The Morgan fingerprint density at radius 3 is 2.65 bits per heavy atom. The summed E-state index contributed by atoms with van der Waals surface area (Å²) in [6.45, 7) is 8.46. The Bertz CT molecular complexity index is 1660. The molecule has 6 rings (SSSR count). The highest BCUT2D eigenvalue weighted by molar-refractivity contribution is 7.22. The fraction of sp³-hybridized carbons (Fsp3) is 0.281. The molecule has 7 nitrogen and oxygen atoms in total. The van der Waals surface area contributed by atoms with Gasteiger partial charge in [-0.3, -0.25) is 10.2 Å². The summed E-state index contributed by atoms with van der Waals surface area (Å²) < 4.78 is 3.28. The van der Waals surface area contributed by atoms with Gasteiger partial charge in [0, 0.05) is 35.8 Å². The van der Waals surface area contributed by atoms with Gasteiger partial charge in [0.25, 0.3) is 0 Å². The van der Waals surface area contributed by atoms with E-state index in [1.165, 1.54) is 40.9 Å². The Hall–Kier alpha value is -4.01. The molecule has 1 saturated heterocycles. The average molecular weight is 551 g/mol. The van der Waals surface area contributed by atoms with Crippen molar-refractivity contribution in [3.05, 3.63) is 95.2 Å². The van der Waals surface area contributed by atoms with Gasteiger partial charge in [0.05, 0.1) is 16.4 Å². The number of benzene rings is 3. The van der Waals surface area contributed by atoms with E-state index in [9.17, 15) is 4.79 Å². The Kier molecular flexibility index (Phi) is 7.62. The Morgan fingerprint density at radius 2 is 1.82 bits per heavy atom. The molecule has 1 aliphatic rings. The minimum Gasteiger partial charge on any atom is -0.342 e. The maximum atomic E-state index is 12.6. The second kappa shape index (κ2) is 11.6. The predicted octanol–water partition coefficient (Wildman–Crippen LogP) is 7.00. The summed E-state index contributed by atoms with van der Waals surface area (Å²) >= 11 is 1.48. The Morgan fingerprint density at radius 1 is 1.05 bits per heavy atom. The molecule has 204 valence electrons. The maximum Gasteiger partial charge on any atom is 0.341 e. The summed E-state index contributed by atoms with van der Waals surface area (Å²) in [5.74, 6) is 0.828. The minimum atomic E-state index is -0.415. The molecule has 2 aromatic heterocycles. The molecule has 2 amide bonds. The maximum absolute atomic E-state index is 12.6. The fourth-order valence-corrected chi connectivity index (χ4v) is 6.21. The number of thiazole rings is 1. The lowest BCUT2D eigenvalue weighted by molar-refractivity contribution is 0.185. The van der Waals surface area contributed by atoms with E-state index in [1.807, 2.05) is 18.2 Å². The predicted molar refractivity (Wildman–Crippen MR) is 165 cm³/mol. The van der Waals surface area contributed by atoms with Crippen molar-refractivity contribution < 1.29 is 4.79 Å². The lowest BCUT2D eigenvalue weighted by atomic mass is 9.99. The van der Waals surface area contributed by atoms with Crippen LogP contribution in [0.25, 0.3) is 21.1 Å². The number of aromatic nitrogens is 2. The van der Waals surface area contributed by atoms with Crippen LogP contribution in [0.2, 0.25) is 0 Å². The Labute approximate surface area is 238 Å². The largest absolute Gasteiger partial charge is 0.342 e. The van der Waals surface area contributed by atoms with Crippen LogP contribution in [0.5, 0.6) is 0 Å². The third kappa shape index (κ3) is 6.08. The second-order valence-electron chi connectivity index (χ2n) is 10.8. The van der Waals surface area contributed by atoms with Gasteiger partial charge in [-0.25, -0.2) is 15.2 Å². The van der Waals surface area contributed by atoms with E-state index in [-0.39, 0.29) is 0 Å². The summed E-state index contributed by atoms with van der Waals surface area (Å²) in [7, 11) is 0. The molecule has 0 saturated carbocycles. The molecular weight excluding hydrogens is 516 g/mol. The number of carbonyl (C=O) groups is 1. The number of carbonyl (C=O) groups excluding carboxylic acids is 1. The molecule has 2 N–H and O–H groups in total. The SMILES string of the molecule is Cc1ccc(Cn2cc(/C=N/NC(=O)Nc3nc4ccc(CN5CCC(C)CC5)cc4s3)c3ccccc32)cc1. The monoisotopic (exact) mass is 550 g/mol. The number of anilines is 1. The molecule has 8 heteroatoms. The zero-order valence-electron chi connectivity index (χ0n) is 22.9. The number of urea groups is 1. The van der Waals surface area contributed by atoms with Crippen molar-refractivity contribution in [1.29, 1.82) is 0 Å². The van der Waals surface area contributed by atoms with Crippen molar-refractivity contribution in [2.45, 2.75) is 39.8 Å². The molecule has 3 heterocycles. The van der Waals surface area contributed by atoms with Crippen molar-refractivity contribution in [3.63, 3.8) is 0 Å². The van der Waals surface area contributed by atoms with Crippen molar-refractivity contribution in [1.82, 2.24) is 19.9 Å². The number of nitrogens with one attached hydrogen (secondary N) is 2. The molecule has 0 aliphatic carbocycles. The molecule has 1 fully saturated rings. The summed E-state index contributed by atoms with van der Waals surface area (Å²) in [5.41, 5.74) is 9.31. The van der Waals surface area contributed by atoms with Gasteiger partial charge in [-0.05, 0) is 68.1 Å². The molecular formula is C32H34N6OS. The number of amides is 2. The van der Waals surface area contributed by atoms with E-state index in [0.717, 1.165) is 58.8 Å². The van der Waals surface area contributed by atoms with Gasteiger partial charge < -0.3 is 4.57 Å². The Balaban J connectivity index is 1.09. The lowest BCUT2D eigenvalue weighted by Gasteiger charge is -2.30. The standard InChI is InChI=1S/C32H34N6OS/c1-22-7-9-24(10-8-22)20-38-21-26(27-5-3-4-6-29(27)38)18-33-36-31(39)35-32-34-28-12-11-25(17-30(28)40-32)19-37-15-13-23(2)14-16-37/h3-12,17-18,21,23H,13-16,19-20H2,1-2H3,(H2,34,35,36,39)/b33-18+. The molecule has 3 aromatic carbocycles. The van der Waals surface area contributed by atoms with E-state index < -0.39 is 6.03 Å². The van der Waals surface area contributed by atoms with Crippen molar-refractivity contribution >= 4 is 49.8 Å². The molecule has 0 spiro atoms. The fourth-order valence-electron chi connectivity index (χ4n) is 5.28. The van der Waals surface area contributed by atoms with Crippen LogP contribution in [-0.4, -0.2) is 39.8 Å². The topological polar surface area (TPSA) is 74.5 Å². The van der Waals surface area contributed by atoms with Crippen LogP contribution in [0.1, 0.15) is 42.0 Å². The highest BCUT2D eigenvalue weighted by Crippen LogP contribution is 2.28. The number of fused-ring (bicyclic) bond motifs is 2. The zero-order valence-corrected chi connectivity index (χ0v) is 23.7. The van der Waals surface area contributed by atoms with Crippen LogP contribution in [0.15, 0.2) is 78.0 Å². The quantitative estimate of drug-likeness (QED) is 0.169.